The lowest BCUT2D eigenvalue weighted by molar-refractivity contribution is -0.181. The first kappa shape index (κ1) is 23.2. The lowest BCUT2D eigenvalue weighted by Crippen LogP contribution is -2.56. The van der Waals surface area contributed by atoms with Gasteiger partial charge < -0.3 is 20.0 Å². The Morgan fingerprint density at radius 1 is 1.04 bits per heavy atom. The molecule has 0 radical (unpaired) electrons. The molecule has 164 valence electrons. The lowest BCUT2D eigenvalue weighted by Gasteiger charge is -2.39. The summed E-state index contributed by atoms with van der Waals surface area (Å²) in [4.78, 5) is 13.2. The summed E-state index contributed by atoms with van der Waals surface area (Å²) in [6.45, 7) is 12.3. The molecule has 0 amide bonds. The van der Waals surface area contributed by atoms with Gasteiger partial charge in [-0.05, 0) is 53.4 Å². The van der Waals surface area contributed by atoms with Crippen molar-refractivity contribution in [2.45, 2.75) is 38.9 Å². The Kier molecular flexibility index (Phi) is 9.30. The van der Waals surface area contributed by atoms with E-state index in [9.17, 15) is 13.2 Å². The van der Waals surface area contributed by atoms with Crippen LogP contribution in [0, 0.1) is 0 Å². The number of likely N-dealkylation sites (N-methyl/N-ethyl adjacent to an activating group) is 1. The summed E-state index contributed by atoms with van der Waals surface area (Å²) in [7, 11) is 2.17. The van der Waals surface area contributed by atoms with E-state index in [1.165, 1.54) is 18.2 Å². The smallest absolute Gasteiger partial charge is 0.357 e. The molecule has 0 aromatic rings. The average Bonchev–Trinajstić information content (AvgIpc) is 2.87. The predicted molar refractivity (Wildman–Crippen MR) is 108 cm³/mol. The summed E-state index contributed by atoms with van der Waals surface area (Å²) >= 11 is 0. The van der Waals surface area contributed by atoms with Crippen molar-refractivity contribution in [2.75, 3.05) is 79.0 Å². The summed E-state index contributed by atoms with van der Waals surface area (Å²) in [6.07, 6.45) is -1.95. The van der Waals surface area contributed by atoms with Gasteiger partial charge in [0.25, 0.3) is 0 Å². The minimum Gasteiger partial charge on any atom is -0.357 e. The SMILES string of the molecule is CCNC(=NCCCN1CCCN(C)CC1)N1CCN(C(C)C(F)(F)F)CC1. The van der Waals surface area contributed by atoms with Crippen LogP contribution in [0.5, 0.6) is 0 Å². The maximum Gasteiger partial charge on any atom is 0.403 e. The van der Waals surface area contributed by atoms with Crippen molar-refractivity contribution < 1.29 is 13.2 Å². The third kappa shape index (κ3) is 7.40. The number of hydrogen-bond acceptors (Lipinski definition) is 4. The second-order valence-electron chi connectivity index (χ2n) is 7.83. The van der Waals surface area contributed by atoms with E-state index in [1.807, 2.05) is 6.92 Å². The molecule has 6 nitrogen and oxygen atoms in total. The molecule has 1 N–H and O–H groups in total. The van der Waals surface area contributed by atoms with E-state index in [-0.39, 0.29) is 0 Å². The zero-order chi connectivity index (χ0) is 20.6. The summed E-state index contributed by atoms with van der Waals surface area (Å²) in [5.74, 6) is 0.831. The van der Waals surface area contributed by atoms with Crippen molar-refractivity contribution in [2.24, 2.45) is 4.99 Å². The van der Waals surface area contributed by atoms with Crippen LogP contribution in [0.3, 0.4) is 0 Å². The summed E-state index contributed by atoms with van der Waals surface area (Å²) in [6, 6.07) is -1.39. The Morgan fingerprint density at radius 3 is 2.39 bits per heavy atom. The highest BCUT2D eigenvalue weighted by atomic mass is 19.4. The van der Waals surface area contributed by atoms with Gasteiger partial charge in [0.15, 0.2) is 5.96 Å². The Labute approximate surface area is 167 Å². The molecular weight excluding hydrogens is 369 g/mol. The van der Waals surface area contributed by atoms with Gasteiger partial charge in [0.2, 0.25) is 0 Å². The lowest BCUT2D eigenvalue weighted by atomic mass is 10.2. The van der Waals surface area contributed by atoms with E-state index in [1.54, 1.807) is 0 Å². The fraction of sp³-hybridized carbons (Fsp3) is 0.947. The van der Waals surface area contributed by atoms with Crippen LogP contribution < -0.4 is 5.32 Å². The van der Waals surface area contributed by atoms with Crippen molar-refractivity contribution in [3.63, 3.8) is 0 Å². The molecule has 1 atom stereocenters. The maximum absolute atomic E-state index is 12.9. The third-order valence-electron chi connectivity index (χ3n) is 5.68. The minimum atomic E-state index is -4.16. The van der Waals surface area contributed by atoms with Crippen molar-refractivity contribution >= 4 is 5.96 Å². The second-order valence-corrected chi connectivity index (χ2v) is 7.83. The van der Waals surface area contributed by atoms with Crippen LogP contribution in [-0.4, -0.2) is 117 Å². The Morgan fingerprint density at radius 2 is 1.75 bits per heavy atom. The zero-order valence-electron chi connectivity index (χ0n) is 17.6. The van der Waals surface area contributed by atoms with Gasteiger partial charge in [-0.3, -0.25) is 9.89 Å². The van der Waals surface area contributed by atoms with Crippen LogP contribution in [0.2, 0.25) is 0 Å². The second kappa shape index (κ2) is 11.2. The van der Waals surface area contributed by atoms with Gasteiger partial charge >= 0.3 is 6.18 Å². The Hall–Kier alpha value is -1.06. The first-order valence-corrected chi connectivity index (χ1v) is 10.6. The normalized spacial score (nSPS) is 22.9. The highest BCUT2D eigenvalue weighted by Crippen LogP contribution is 2.25. The quantitative estimate of drug-likeness (QED) is 0.412. The molecule has 0 aromatic heterocycles. The van der Waals surface area contributed by atoms with E-state index in [0.717, 1.165) is 58.2 Å². The molecule has 0 saturated carbocycles. The number of alkyl halides is 3. The number of aliphatic imine (C=N–C) groups is 1. The largest absolute Gasteiger partial charge is 0.403 e. The van der Waals surface area contributed by atoms with Gasteiger partial charge in [0, 0.05) is 52.4 Å². The number of halogens is 3. The number of guanidine groups is 1. The van der Waals surface area contributed by atoms with Crippen LogP contribution >= 0.6 is 0 Å². The molecule has 2 fully saturated rings. The van der Waals surface area contributed by atoms with E-state index in [4.69, 9.17) is 4.99 Å². The van der Waals surface area contributed by atoms with Crippen LogP contribution in [0.4, 0.5) is 13.2 Å². The minimum absolute atomic E-state index is 0.409. The zero-order valence-corrected chi connectivity index (χ0v) is 17.6. The van der Waals surface area contributed by atoms with E-state index in [2.05, 4.69) is 27.1 Å². The van der Waals surface area contributed by atoms with Gasteiger partial charge in [-0.2, -0.15) is 13.2 Å². The number of rotatable bonds is 6. The standard InChI is InChI=1S/C19H37F3N6/c1-4-23-18(24-7-5-9-26-10-6-8-25(3)11-12-26)28-15-13-27(14-16-28)17(2)19(20,21)22/h17H,4-16H2,1-3H3,(H,23,24). The van der Waals surface area contributed by atoms with Crippen molar-refractivity contribution in [1.82, 2.24) is 24.9 Å². The number of piperazine rings is 1. The van der Waals surface area contributed by atoms with Crippen LogP contribution in [0.25, 0.3) is 0 Å². The highest BCUT2D eigenvalue weighted by molar-refractivity contribution is 5.80. The predicted octanol–water partition coefficient (Wildman–Crippen LogP) is 1.55. The molecule has 2 aliphatic heterocycles. The van der Waals surface area contributed by atoms with Gasteiger partial charge in [-0.25, -0.2) is 0 Å². The fourth-order valence-corrected chi connectivity index (χ4v) is 3.76. The molecule has 9 heteroatoms. The highest BCUT2D eigenvalue weighted by Gasteiger charge is 2.41. The molecule has 1 unspecified atom stereocenters. The van der Waals surface area contributed by atoms with E-state index in [0.29, 0.717) is 26.2 Å². The molecule has 2 heterocycles. The fourth-order valence-electron chi connectivity index (χ4n) is 3.76. The topological polar surface area (TPSA) is 37.4 Å². The molecule has 0 aromatic carbocycles. The average molecular weight is 407 g/mol. The van der Waals surface area contributed by atoms with E-state index >= 15 is 0 Å². The van der Waals surface area contributed by atoms with Crippen LogP contribution in [0.1, 0.15) is 26.7 Å². The van der Waals surface area contributed by atoms with Crippen molar-refractivity contribution in [3.8, 4) is 0 Å². The molecule has 2 rings (SSSR count). The summed E-state index contributed by atoms with van der Waals surface area (Å²) in [5.41, 5.74) is 0. The monoisotopic (exact) mass is 406 g/mol. The van der Waals surface area contributed by atoms with Crippen molar-refractivity contribution in [3.05, 3.63) is 0 Å². The maximum atomic E-state index is 12.9. The molecule has 0 spiro atoms. The summed E-state index contributed by atoms with van der Waals surface area (Å²) in [5, 5.41) is 3.30. The molecule has 0 aliphatic carbocycles. The van der Waals surface area contributed by atoms with Crippen LogP contribution in [-0.2, 0) is 0 Å². The molecule has 0 bridgehead atoms. The number of nitrogens with one attached hydrogen (secondary N) is 1. The molecule has 2 aliphatic rings. The molecular formula is C19H37F3N6. The Balaban J connectivity index is 1.77. The number of nitrogens with zero attached hydrogens (tertiary/aromatic N) is 5. The molecule has 2 saturated heterocycles. The third-order valence-corrected chi connectivity index (χ3v) is 5.68. The Bertz CT molecular complexity index is 477. The van der Waals surface area contributed by atoms with E-state index < -0.39 is 12.2 Å². The van der Waals surface area contributed by atoms with Crippen LogP contribution in [0.15, 0.2) is 4.99 Å². The van der Waals surface area contributed by atoms with Gasteiger partial charge in [-0.15, -0.1) is 0 Å². The number of hydrogen-bond donors (Lipinski definition) is 1. The first-order chi connectivity index (χ1) is 13.3. The van der Waals surface area contributed by atoms with Gasteiger partial charge in [0.1, 0.15) is 6.04 Å². The summed E-state index contributed by atoms with van der Waals surface area (Å²) < 4.78 is 38.8. The first-order valence-electron chi connectivity index (χ1n) is 10.6. The van der Waals surface area contributed by atoms with Crippen molar-refractivity contribution in [1.29, 1.82) is 0 Å². The molecule has 28 heavy (non-hydrogen) atoms. The van der Waals surface area contributed by atoms with Gasteiger partial charge in [-0.1, -0.05) is 0 Å². The van der Waals surface area contributed by atoms with Gasteiger partial charge in [0.05, 0.1) is 0 Å².